The molecule has 2 unspecified atom stereocenters. The van der Waals surface area contributed by atoms with Crippen LogP contribution in [0.15, 0.2) is 23.0 Å². The molecule has 0 N–H and O–H groups in total. The van der Waals surface area contributed by atoms with Gasteiger partial charge in [0.2, 0.25) is 0 Å². The van der Waals surface area contributed by atoms with Gasteiger partial charge in [-0.15, -0.1) is 0 Å². The Hall–Kier alpha value is 0.729. The predicted octanol–water partition coefficient (Wildman–Crippen LogP) is 8.42. The maximum atomic E-state index is 2.60. The molecule has 2 aliphatic carbocycles. The van der Waals surface area contributed by atoms with Crippen LogP contribution in [0.5, 0.6) is 0 Å². The standard InChI is InChI=1S/C12H21P.C11H24P.CH3.Fe/c1-5-13(4,6-2)12-10-8-7-9-11(12)3;1-5-12(4,6-2)11-9-7-8-10(11)3;;/h7-8,10H,5-6,9H2,1-4H3;10-11H,5-9H2,1-4H3;1H3;/q;+1;-1;+2. The van der Waals surface area contributed by atoms with E-state index in [2.05, 4.69) is 73.4 Å². The van der Waals surface area contributed by atoms with E-state index < -0.39 is 14.5 Å². The van der Waals surface area contributed by atoms with E-state index in [1.807, 2.05) is 0 Å². The average Bonchev–Trinajstić information content (AvgIpc) is 3.08. The largest absolute Gasteiger partial charge is 2.00 e. The summed E-state index contributed by atoms with van der Waals surface area (Å²) in [5, 5.41) is 1.68. The number of allylic oxidation sites excluding steroid dienone is 4. The van der Waals surface area contributed by atoms with Gasteiger partial charge in [0.1, 0.15) is 0 Å². The molecular formula is C24H48FeP2+2. The monoisotopic (exact) mass is 454 g/mol. The number of rotatable bonds is 6. The fraction of sp³-hybridized carbons (Fsp3) is 0.750. The molecule has 27 heavy (non-hydrogen) atoms. The molecule has 3 heteroatoms. The van der Waals surface area contributed by atoms with Crippen LogP contribution in [0.3, 0.4) is 0 Å². The quantitative estimate of drug-likeness (QED) is 0.215. The maximum Gasteiger partial charge on any atom is 2.00 e. The zero-order valence-corrected chi connectivity index (χ0v) is 22.7. The minimum absolute atomic E-state index is 0. The van der Waals surface area contributed by atoms with Crippen molar-refractivity contribution in [1.29, 1.82) is 0 Å². The van der Waals surface area contributed by atoms with Crippen LogP contribution < -0.4 is 0 Å². The topological polar surface area (TPSA) is 0 Å². The molecule has 2 aliphatic rings. The molecule has 0 bridgehead atoms. The second-order valence-corrected chi connectivity index (χ2v) is 18.0. The van der Waals surface area contributed by atoms with Crippen molar-refractivity contribution in [2.45, 2.75) is 72.9 Å². The second kappa shape index (κ2) is 13.9. The van der Waals surface area contributed by atoms with Crippen molar-refractivity contribution >= 4 is 14.5 Å². The van der Waals surface area contributed by atoms with Crippen molar-refractivity contribution in [3.63, 3.8) is 0 Å². The van der Waals surface area contributed by atoms with Gasteiger partial charge in [0, 0.05) is 26.5 Å². The van der Waals surface area contributed by atoms with Crippen LogP contribution in [0.25, 0.3) is 0 Å². The third-order valence-corrected chi connectivity index (χ3v) is 17.0. The molecule has 2 atom stereocenters. The van der Waals surface area contributed by atoms with Crippen LogP contribution >= 0.6 is 14.5 Å². The first kappa shape index (κ1) is 29.9. The van der Waals surface area contributed by atoms with E-state index in [-0.39, 0.29) is 24.5 Å². The van der Waals surface area contributed by atoms with E-state index >= 15 is 0 Å². The van der Waals surface area contributed by atoms with Gasteiger partial charge >= 0.3 is 17.1 Å². The molecule has 1 saturated carbocycles. The Kier molecular flexibility index (Phi) is 15.4. The summed E-state index contributed by atoms with van der Waals surface area (Å²) in [5.74, 6) is 1.03. The molecule has 0 nitrogen and oxygen atoms in total. The van der Waals surface area contributed by atoms with E-state index in [1.54, 1.807) is 10.9 Å². The summed E-state index contributed by atoms with van der Waals surface area (Å²) in [6, 6.07) is 0. The zero-order valence-electron chi connectivity index (χ0n) is 19.8. The molecule has 0 aliphatic heterocycles. The van der Waals surface area contributed by atoms with Gasteiger partial charge < -0.3 is 7.43 Å². The minimum atomic E-state index is -0.790. The van der Waals surface area contributed by atoms with E-state index in [0.717, 1.165) is 11.6 Å². The Bertz CT molecular complexity index is 459. The van der Waals surface area contributed by atoms with Crippen molar-refractivity contribution in [1.82, 2.24) is 0 Å². The molecule has 1 fully saturated rings. The first-order valence-electron chi connectivity index (χ1n) is 10.7. The maximum absolute atomic E-state index is 2.60. The number of hydrogen-bond donors (Lipinski definition) is 0. The van der Waals surface area contributed by atoms with Crippen LogP contribution in [0.2, 0.25) is 0 Å². The summed E-state index contributed by atoms with van der Waals surface area (Å²) in [7, 11) is -1.32. The van der Waals surface area contributed by atoms with Crippen LogP contribution in [0.4, 0.5) is 0 Å². The summed E-state index contributed by atoms with van der Waals surface area (Å²) < 4.78 is 0. The molecule has 160 valence electrons. The minimum Gasteiger partial charge on any atom is -0.358 e. The zero-order chi connectivity index (χ0) is 19.1. The summed E-state index contributed by atoms with van der Waals surface area (Å²) in [5.41, 5.74) is 2.72. The molecule has 0 spiro atoms. The van der Waals surface area contributed by atoms with Gasteiger partial charge in [-0.05, 0) is 59.8 Å². The Morgan fingerprint density at radius 2 is 1.56 bits per heavy atom. The molecule has 0 aromatic rings. The van der Waals surface area contributed by atoms with E-state index in [4.69, 9.17) is 0 Å². The third kappa shape index (κ3) is 7.82. The smallest absolute Gasteiger partial charge is 0.358 e. The van der Waals surface area contributed by atoms with Crippen molar-refractivity contribution in [2.75, 3.05) is 38.0 Å². The van der Waals surface area contributed by atoms with Crippen LogP contribution in [0, 0.1) is 19.8 Å². The number of hydrogen-bond acceptors (Lipinski definition) is 0. The van der Waals surface area contributed by atoms with Crippen LogP contribution in [-0.2, 0) is 17.1 Å². The Labute approximate surface area is 185 Å². The van der Waals surface area contributed by atoms with E-state index in [9.17, 15) is 0 Å². The Morgan fingerprint density at radius 1 is 1.00 bits per heavy atom. The van der Waals surface area contributed by atoms with Crippen molar-refractivity contribution in [2.24, 2.45) is 5.92 Å². The van der Waals surface area contributed by atoms with Gasteiger partial charge in [0.25, 0.3) is 0 Å². The van der Waals surface area contributed by atoms with Gasteiger partial charge in [-0.25, -0.2) is 12.5 Å². The van der Waals surface area contributed by atoms with Crippen LogP contribution in [0.1, 0.15) is 67.2 Å². The van der Waals surface area contributed by atoms with Gasteiger partial charge in [0.15, 0.2) is 0 Å². The molecule has 0 aromatic heterocycles. The SMILES string of the molecule is CC[P+](C)(CC)C1=C(C)C[CH-]C=C1.CC[P+](C)(CC)C1CCCC1C.[CH3-].[Fe+2]. The van der Waals surface area contributed by atoms with Crippen molar-refractivity contribution < 1.29 is 17.1 Å². The fourth-order valence-electron chi connectivity index (χ4n) is 4.60. The molecule has 0 aromatic carbocycles. The average molecular weight is 454 g/mol. The first-order valence-corrected chi connectivity index (χ1v) is 15.9. The Balaban J connectivity index is 0. The first-order chi connectivity index (χ1) is 11.8. The molecule has 0 heterocycles. The van der Waals surface area contributed by atoms with Crippen LogP contribution in [-0.4, -0.2) is 43.6 Å². The summed E-state index contributed by atoms with van der Waals surface area (Å²) in [6.07, 6.45) is 18.2. The Morgan fingerprint density at radius 3 is 1.93 bits per heavy atom. The van der Waals surface area contributed by atoms with Gasteiger partial charge in [-0.2, -0.15) is 6.08 Å². The summed E-state index contributed by atoms with van der Waals surface area (Å²) in [4.78, 5) is 0. The van der Waals surface area contributed by atoms with Gasteiger partial charge in [-0.3, -0.25) is 0 Å². The molecule has 0 saturated heterocycles. The molecule has 0 radical (unpaired) electrons. The normalized spacial score (nSPS) is 22.2. The molecule has 0 amide bonds. The van der Waals surface area contributed by atoms with Gasteiger partial charge in [0.05, 0.1) is 37.0 Å². The summed E-state index contributed by atoms with van der Waals surface area (Å²) >= 11 is 0. The second-order valence-electron chi connectivity index (χ2n) is 8.58. The van der Waals surface area contributed by atoms with Crippen molar-refractivity contribution in [3.05, 3.63) is 36.9 Å². The predicted molar refractivity (Wildman–Crippen MR) is 132 cm³/mol. The van der Waals surface area contributed by atoms with E-state index in [1.165, 1.54) is 50.3 Å². The molecular weight excluding hydrogens is 406 g/mol. The van der Waals surface area contributed by atoms with E-state index in [0.29, 0.717) is 0 Å². The molecule has 2 rings (SSSR count). The fourth-order valence-corrected chi connectivity index (χ4v) is 10.8. The third-order valence-electron chi connectivity index (χ3n) is 7.29. The van der Waals surface area contributed by atoms with Crippen molar-refractivity contribution in [3.8, 4) is 0 Å². The van der Waals surface area contributed by atoms with Gasteiger partial charge in [-0.1, -0.05) is 18.9 Å². The summed E-state index contributed by atoms with van der Waals surface area (Å²) in [6.45, 7) is 19.3.